The topological polar surface area (TPSA) is 78.4 Å². The van der Waals surface area contributed by atoms with Gasteiger partial charge in [0.2, 0.25) is 5.91 Å². The molecule has 2 N–H and O–H groups in total. The number of hydrogen-bond acceptors (Lipinski definition) is 5. The summed E-state index contributed by atoms with van der Waals surface area (Å²) in [6.07, 6.45) is 1.92. The van der Waals surface area contributed by atoms with E-state index in [4.69, 9.17) is 9.47 Å². The molecule has 0 aromatic rings. The molecule has 0 spiro atoms. The number of carbonyl (C=O) groups excluding carboxylic acids is 1. The van der Waals surface area contributed by atoms with Crippen LogP contribution in [0.25, 0.3) is 0 Å². The molecular weight excluding hydrogens is 310 g/mol. The summed E-state index contributed by atoms with van der Waals surface area (Å²) < 4.78 is 10.4. The Labute approximate surface area is 145 Å². The molecule has 1 heterocycles. The fourth-order valence-corrected chi connectivity index (χ4v) is 2.22. The zero-order chi connectivity index (χ0) is 17.6. The second kappa shape index (κ2) is 13.0. The highest BCUT2D eigenvalue weighted by Crippen LogP contribution is 1.97. The molecule has 0 saturated carbocycles. The SMILES string of the molecule is COCCCNC(=NCC(=O)N(C)C)NCCCN1CCOCC1. The van der Waals surface area contributed by atoms with Gasteiger partial charge in [-0.25, -0.2) is 4.99 Å². The zero-order valence-electron chi connectivity index (χ0n) is 15.3. The van der Waals surface area contributed by atoms with E-state index in [-0.39, 0.29) is 12.5 Å². The van der Waals surface area contributed by atoms with Crippen molar-refractivity contribution in [1.29, 1.82) is 0 Å². The van der Waals surface area contributed by atoms with Gasteiger partial charge < -0.3 is 25.0 Å². The lowest BCUT2D eigenvalue weighted by molar-refractivity contribution is -0.127. The normalized spacial score (nSPS) is 16.0. The molecule has 1 aliphatic rings. The van der Waals surface area contributed by atoms with Gasteiger partial charge in [-0.15, -0.1) is 0 Å². The van der Waals surface area contributed by atoms with Crippen LogP contribution in [0.5, 0.6) is 0 Å². The Balaban J connectivity index is 2.30. The molecule has 0 aromatic heterocycles. The van der Waals surface area contributed by atoms with Gasteiger partial charge in [-0.1, -0.05) is 0 Å². The van der Waals surface area contributed by atoms with Gasteiger partial charge >= 0.3 is 0 Å². The minimum absolute atomic E-state index is 0.0127. The summed E-state index contributed by atoms with van der Waals surface area (Å²) in [5, 5.41) is 6.54. The Morgan fingerprint density at radius 2 is 1.88 bits per heavy atom. The van der Waals surface area contributed by atoms with E-state index >= 15 is 0 Å². The summed E-state index contributed by atoms with van der Waals surface area (Å²) in [7, 11) is 5.16. The van der Waals surface area contributed by atoms with Crippen LogP contribution in [-0.2, 0) is 14.3 Å². The zero-order valence-corrected chi connectivity index (χ0v) is 15.3. The van der Waals surface area contributed by atoms with Crippen LogP contribution in [0.3, 0.4) is 0 Å². The number of guanidine groups is 1. The Bertz CT molecular complexity index is 371. The first kappa shape index (κ1) is 20.7. The van der Waals surface area contributed by atoms with E-state index in [1.165, 1.54) is 0 Å². The number of rotatable bonds is 10. The van der Waals surface area contributed by atoms with Crippen molar-refractivity contribution >= 4 is 11.9 Å². The summed E-state index contributed by atoms with van der Waals surface area (Å²) in [6, 6.07) is 0. The van der Waals surface area contributed by atoms with Crippen molar-refractivity contribution in [3.8, 4) is 0 Å². The van der Waals surface area contributed by atoms with Crippen LogP contribution in [0.4, 0.5) is 0 Å². The van der Waals surface area contributed by atoms with Gasteiger partial charge in [-0.05, 0) is 19.4 Å². The number of ether oxygens (including phenoxy) is 2. The molecule has 0 unspecified atom stereocenters. The van der Waals surface area contributed by atoms with Crippen molar-refractivity contribution < 1.29 is 14.3 Å². The van der Waals surface area contributed by atoms with Crippen molar-refractivity contribution in [1.82, 2.24) is 20.4 Å². The molecule has 140 valence electrons. The van der Waals surface area contributed by atoms with E-state index in [0.29, 0.717) is 12.6 Å². The molecule has 1 rings (SSSR count). The Morgan fingerprint density at radius 3 is 2.50 bits per heavy atom. The first-order valence-corrected chi connectivity index (χ1v) is 8.65. The van der Waals surface area contributed by atoms with Gasteiger partial charge in [0.25, 0.3) is 0 Å². The molecule has 1 amide bonds. The van der Waals surface area contributed by atoms with E-state index in [9.17, 15) is 4.79 Å². The Morgan fingerprint density at radius 1 is 1.21 bits per heavy atom. The third-order valence-corrected chi connectivity index (χ3v) is 3.74. The van der Waals surface area contributed by atoms with E-state index in [2.05, 4.69) is 20.5 Å². The molecule has 24 heavy (non-hydrogen) atoms. The van der Waals surface area contributed by atoms with Crippen molar-refractivity contribution in [2.45, 2.75) is 12.8 Å². The maximum Gasteiger partial charge on any atom is 0.243 e. The number of morpholine rings is 1. The molecule has 1 saturated heterocycles. The molecule has 0 aliphatic carbocycles. The second-order valence-corrected chi connectivity index (χ2v) is 5.96. The van der Waals surface area contributed by atoms with E-state index < -0.39 is 0 Å². The number of hydrogen-bond donors (Lipinski definition) is 2. The van der Waals surface area contributed by atoms with Crippen LogP contribution < -0.4 is 10.6 Å². The summed E-state index contributed by atoms with van der Waals surface area (Å²) in [6.45, 7) is 7.15. The molecule has 0 atom stereocenters. The molecule has 8 nitrogen and oxygen atoms in total. The fourth-order valence-electron chi connectivity index (χ4n) is 2.22. The minimum atomic E-state index is -0.0127. The number of nitrogens with zero attached hydrogens (tertiary/aromatic N) is 3. The van der Waals surface area contributed by atoms with E-state index in [1.807, 2.05) is 0 Å². The molecule has 0 bridgehead atoms. The van der Waals surface area contributed by atoms with E-state index in [1.54, 1.807) is 26.1 Å². The molecule has 1 aliphatic heterocycles. The fraction of sp³-hybridized carbons (Fsp3) is 0.875. The molecule has 0 radical (unpaired) electrons. The van der Waals surface area contributed by atoms with Gasteiger partial charge in [0.15, 0.2) is 5.96 Å². The number of methoxy groups -OCH3 is 1. The number of carbonyl (C=O) groups is 1. The Hall–Kier alpha value is -1.38. The predicted octanol–water partition coefficient (Wildman–Crippen LogP) is -0.631. The van der Waals surface area contributed by atoms with Crippen LogP contribution in [-0.4, -0.2) is 102 Å². The Kier molecular flexibility index (Phi) is 11.2. The summed E-state index contributed by atoms with van der Waals surface area (Å²) in [4.78, 5) is 20.0. The number of amides is 1. The van der Waals surface area contributed by atoms with Crippen LogP contribution in [0.2, 0.25) is 0 Å². The highest BCUT2D eigenvalue weighted by molar-refractivity contribution is 5.84. The largest absolute Gasteiger partial charge is 0.385 e. The lowest BCUT2D eigenvalue weighted by Crippen LogP contribution is -2.41. The molecule has 0 aromatic carbocycles. The van der Waals surface area contributed by atoms with E-state index in [0.717, 1.165) is 58.8 Å². The van der Waals surface area contributed by atoms with Gasteiger partial charge in [-0.2, -0.15) is 0 Å². The standard InChI is InChI=1S/C16H33N5O3/c1-20(2)15(22)14-19-16(18-7-5-11-23-3)17-6-4-8-21-9-12-24-13-10-21/h4-14H2,1-3H3,(H2,17,18,19). The molecule has 1 fully saturated rings. The third kappa shape index (κ3) is 9.69. The quantitative estimate of drug-likeness (QED) is 0.312. The van der Waals surface area contributed by atoms with Crippen molar-refractivity contribution in [3.63, 3.8) is 0 Å². The van der Waals surface area contributed by atoms with Crippen molar-refractivity contribution in [3.05, 3.63) is 0 Å². The smallest absolute Gasteiger partial charge is 0.243 e. The lowest BCUT2D eigenvalue weighted by Gasteiger charge is -2.26. The van der Waals surface area contributed by atoms with Crippen molar-refractivity contribution in [2.24, 2.45) is 4.99 Å². The summed E-state index contributed by atoms with van der Waals surface area (Å²) in [5.74, 6) is 0.671. The van der Waals surface area contributed by atoms with Gasteiger partial charge in [0, 0.05) is 54.0 Å². The summed E-state index contributed by atoms with van der Waals surface area (Å²) >= 11 is 0. The van der Waals surface area contributed by atoms with Crippen LogP contribution in [0.1, 0.15) is 12.8 Å². The number of aliphatic imine (C=N–C) groups is 1. The average Bonchev–Trinajstić information content (AvgIpc) is 2.59. The van der Waals surface area contributed by atoms with Crippen molar-refractivity contribution in [2.75, 3.05) is 80.3 Å². The lowest BCUT2D eigenvalue weighted by atomic mass is 10.3. The first-order chi connectivity index (χ1) is 11.6. The van der Waals surface area contributed by atoms with Crippen LogP contribution in [0, 0.1) is 0 Å². The third-order valence-electron chi connectivity index (χ3n) is 3.74. The first-order valence-electron chi connectivity index (χ1n) is 8.65. The van der Waals surface area contributed by atoms with Gasteiger partial charge in [0.1, 0.15) is 6.54 Å². The highest BCUT2D eigenvalue weighted by Gasteiger charge is 2.09. The maximum absolute atomic E-state index is 11.7. The average molecular weight is 343 g/mol. The molecule has 8 heteroatoms. The highest BCUT2D eigenvalue weighted by atomic mass is 16.5. The second-order valence-electron chi connectivity index (χ2n) is 5.96. The maximum atomic E-state index is 11.7. The number of nitrogens with one attached hydrogen (secondary N) is 2. The number of likely N-dealkylation sites (N-methyl/N-ethyl adjacent to an activating group) is 1. The predicted molar refractivity (Wildman–Crippen MR) is 95.4 cm³/mol. The summed E-state index contributed by atoms with van der Waals surface area (Å²) in [5.41, 5.74) is 0. The molecular formula is C16H33N5O3. The van der Waals surface area contributed by atoms with Gasteiger partial charge in [0.05, 0.1) is 13.2 Å². The monoisotopic (exact) mass is 343 g/mol. The minimum Gasteiger partial charge on any atom is -0.385 e. The van der Waals surface area contributed by atoms with Gasteiger partial charge in [-0.3, -0.25) is 9.69 Å². The van der Waals surface area contributed by atoms with Crippen LogP contribution >= 0.6 is 0 Å². The van der Waals surface area contributed by atoms with Crippen LogP contribution in [0.15, 0.2) is 4.99 Å².